The lowest BCUT2D eigenvalue weighted by molar-refractivity contribution is 0.120. The van der Waals surface area contributed by atoms with Crippen molar-refractivity contribution >= 4 is 11.6 Å². The second-order valence-electron chi connectivity index (χ2n) is 4.45. The van der Waals surface area contributed by atoms with Crippen LogP contribution in [0.25, 0.3) is 0 Å². The molecule has 1 unspecified atom stereocenters. The van der Waals surface area contributed by atoms with Crippen LogP contribution in [0.5, 0.6) is 0 Å². The molecule has 0 spiro atoms. The van der Waals surface area contributed by atoms with E-state index in [1.807, 2.05) is 0 Å². The summed E-state index contributed by atoms with van der Waals surface area (Å²) in [7, 11) is 0. The number of nitrogens with one attached hydrogen (secondary N) is 2. The molecule has 2 N–H and O–H groups in total. The van der Waals surface area contributed by atoms with E-state index in [1.165, 1.54) is 6.42 Å². The molecule has 18 heavy (non-hydrogen) atoms. The van der Waals surface area contributed by atoms with Crippen LogP contribution in [-0.4, -0.2) is 35.8 Å². The Bertz CT molecular complexity index is 377. The van der Waals surface area contributed by atoms with E-state index >= 15 is 0 Å². The van der Waals surface area contributed by atoms with Crippen molar-refractivity contribution in [2.24, 2.45) is 0 Å². The molecule has 0 aromatic carbocycles. The van der Waals surface area contributed by atoms with Gasteiger partial charge in [-0.1, -0.05) is 6.92 Å². The van der Waals surface area contributed by atoms with Gasteiger partial charge in [-0.2, -0.15) is 0 Å². The zero-order valence-electron chi connectivity index (χ0n) is 11.2. The molecule has 1 fully saturated rings. The van der Waals surface area contributed by atoms with Gasteiger partial charge >= 0.3 is 0 Å². The van der Waals surface area contributed by atoms with Crippen molar-refractivity contribution in [3.8, 4) is 0 Å². The smallest absolute Gasteiger partial charge is 0.134 e. The first kappa shape index (κ1) is 13.1. The standard InChI is InChI=1S/C13H22N4O/c1-3-11-12(14-4-2)16-9-17-13(11)15-8-10-6-5-7-18-10/h9-10H,3-8H2,1-2H3,(H2,14,15,16,17). The van der Waals surface area contributed by atoms with E-state index in [1.54, 1.807) is 6.33 Å². The third kappa shape index (κ3) is 3.10. The lowest BCUT2D eigenvalue weighted by Crippen LogP contribution is -2.20. The Kier molecular flexibility index (Phi) is 4.75. The predicted molar refractivity (Wildman–Crippen MR) is 73.0 cm³/mol. The first-order valence-corrected chi connectivity index (χ1v) is 6.78. The maximum atomic E-state index is 5.60. The Balaban J connectivity index is 2.03. The van der Waals surface area contributed by atoms with Crippen LogP contribution in [0, 0.1) is 0 Å². The fourth-order valence-electron chi connectivity index (χ4n) is 2.24. The zero-order chi connectivity index (χ0) is 12.8. The van der Waals surface area contributed by atoms with Gasteiger partial charge in [-0.3, -0.25) is 0 Å². The Morgan fingerprint density at radius 3 is 2.67 bits per heavy atom. The molecular formula is C13H22N4O. The van der Waals surface area contributed by atoms with E-state index in [2.05, 4.69) is 34.4 Å². The third-order valence-electron chi connectivity index (χ3n) is 3.16. The van der Waals surface area contributed by atoms with Gasteiger partial charge in [-0.25, -0.2) is 9.97 Å². The Morgan fingerprint density at radius 1 is 1.28 bits per heavy atom. The molecule has 0 amide bonds. The van der Waals surface area contributed by atoms with Crippen LogP contribution in [0.1, 0.15) is 32.3 Å². The van der Waals surface area contributed by atoms with Crippen molar-refractivity contribution in [2.45, 2.75) is 39.2 Å². The van der Waals surface area contributed by atoms with Crippen molar-refractivity contribution in [3.63, 3.8) is 0 Å². The van der Waals surface area contributed by atoms with Gasteiger partial charge in [0.15, 0.2) is 0 Å². The number of ether oxygens (including phenoxy) is 1. The van der Waals surface area contributed by atoms with Crippen LogP contribution in [0.4, 0.5) is 11.6 Å². The summed E-state index contributed by atoms with van der Waals surface area (Å²) in [4.78, 5) is 8.62. The number of hydrogen-bond donors (Lipinski definition) is 2. The Labute approximate surface area is 108 Å². The minimum absolute atomic E-state index is 0.326. The van der Waals surface area contributed by atoms with Crippen molar-refractivity contribution in [3.05, 3.63) is 11.9 Å². The summed E-state index contributed by atoms with van der Waals surface area (Å²) in [5.41, 5.74) is 1.15. The summed E-state index contributed by atoms with van der Waals surface area (Å²) in [6.45, 7) is 6.78. The van der Waals surface area contributed by atoms with Crippen LogP contribution in [0.2, 0.25) is 0 Å². The maximum absolute atomic E-state index is 5.60. The summed E-state index contributed by atoms with van der Waals surface area (Å²) in [5.74, 6) is 1.86. The summed E-state index contributed by atoms with van der Waals surface area (Å²) in [6.07, 6.45) is 5.15. The second kappa shape index (κ2) is 6.54. The van der Waals surface area contributed by atoms with Gasteiger partial charge in [-0.15, -0.1) is 0 Å². The number of nitrogens with zero attached hydrogens (tertiary/aromatic N) is 2. The van der Waals surface area contributed by atoms with Gasteiger partial charge in [0.2, 0.25) is 0 Å². The molecule has 1 aliphatic heterocycles. The first-order chi connectivity index (χ1) is 8.85. The highest BCUT2D eigenvalue weighted by molar-refractivity contribution is 5.57. The molecule has 0 bridgehead atoms. The molecule has 1 aliphatic rings. The molecule has 2 heterocycles. The number of anilines is 2. The summed E-state index contributed by atoms with van der Waals surface area (Å²) in [5, 5.41) is 6.66. The predicted octanol–water partition coefficient (Wildman–Crippen LogP) is 2.06. The van der Waals surface area contributed by atoms with Gasteiger partial charge in [0.05, 0.1) is 6.10 Å². The van der Waals surface area contributed by atoms with E-state index in [4.69, 9.17) is 4.74 Å². The molecule has 0 radical (unpaired) electrons. The van der Waals surface area contributed by atoms with Crippen molar-refractivity contribution in [2.75, 3.05) is 30.3 Å². The minimum atomic E-state index is 0.326. The zero-order valence-corrected chi connectivity index (χ0v) is 11.2. The second-order valence-corrected chi connectivity index (χ2v) is 4.45. The minimum Gasteiger partial charge on any atom is -0.376 e. The van der Waals surface area contributed by atoms with Gasteiger partial charge in [0.25, 0.3) is 0 Å². The molecule has 1 saturated heterocycles. The van der Waals surface area contributed by atoms with E-state index in [-0.39, 0.29) is 0 Å². The molecule has 100 valence electrons. The highest BCUT2D eigenvalue weighted by Gasteiger charge is 2.16. The molecule has 1 aromatic rings. The topological polar surface area (TPSA) is 59.1 Å². The monoisotopic (exact) mass is 250 g/mol. The molecule has 1 aromatic heterocycles. The Morgan fingerprint density at radius 2 is 2.06 bits per heavy atom. The highest BCUT2D eigenvalue weighted by atomic mass is 16.5. The molecule has 5 nitrogen and oxygen atoms in total. The van der Waals surface area contributed by atoms with Gasteiger partial charge in [0, 0.05) is 25.3 Å². The highest BCUT2D eigenvalue weighted by Crippen LogP contribution is 2.21. The van der Waals surface area contributed by atoms with E-state index in [0.29, 0.717) is 6.10 Å². The van der Waals surface area contributed by atoms with Crippen LogP contribution >= 0.6 is 0 Å². The Hall–Kier alpha value is -1.36. The molecule has 0 aliphatic carbocycles. The van der Waals surface area contributed by atoms with Crippen LogP contribution in [0.3, 0.4) is 0 Å². The lowest BCUT2D eigenvalue weighted by atomic mass is 10.2. The van der Waals surface area contributed by atoms with Crippen molar-refractivity contribution in [1.82, 2.24) is 9.97 Å². The summed E-state index contributed by atoms with van der Waals surface area (Å²) >= 11 is 0. The molecule has 5 heteroatoms. The van der Waals surface area contributed by atoms with Gasteiger partial charge in [0.1, 0.15) is 18.0 Å². The number of hydrogen-bond acceptors (Lipinski definition) is 5. The number of rotatable bonds is 6. The lowest BCUT2D eigenvalue weighted by Gasteiger charge is -2.15. The first-order valence-electron chi connectivity index (χ1n) is 6.78. The fraction of sp³-hybridized carbons (Fsp3) is 0.692. The molecule has 1 atom stereocenters. The summed E-state index contributed by atoms with van der Waals surface area (Å²) < 4.78 is 5.60. The van der Waals surface area contributed by atoms with E-state index in [0.717, 1.165) is 49.7 Å². The fourth-order valence-corrected chi connectivity index (χ4v) is 2.24. The number of aromatic nitrogens is 2. The van der Waals surface area contributed by atoms with Crippen LogP contribution < -0.4 is 10.6 Å². The van der Waals surface area contributed by atoms with Crippen LogP contribution in [0.15, 0.2) is 6.33 Å². The van der Waals surface area contributed by atoms with Gasteiger partial charge < -0.3 is 15.4 Å². The SMILES string of the molecule is CCNc1ncnc(NCC2CCCO2)c1CC. The van der Waals surface area contributed by atoms with Gasteiger partial charge in [-0.05, 0) is 26.2 Å². The third-order valence-corrected chi connectivity index (χ3v) is 3.16. The van der Waals surface area contributed by atoms with E-state index < -0.39 is 0 Å². The average Bonchev–Trinajstić information content (AvgIpc) is 2.90. The average molecular weight is 250 g/mol. The molecule has 2 rings (SSSR count). The van der Waals surface area contributed by atoms with Crippen molar-refractivity contribution < 1.29 is 4.74 Å². The van der Waals surface area contributed by atoms with E-state index in [9.17, 15) is 0 Å². The normalized spacial score (nSPS) is 18.9. The quantitative estimate of drug-likeness (QED) is 0.809. The van der Waals surface area contributed by atoms with Crippen molar-refractivity contribution in [1.29, 1.82) is 0 Å². The summed E-state index contributed by atoms with van der Waals surface area (Å²) in [6, 6.07) is 0. The molecular weight excluding hydrogens is 228 g/mol. The maximum Gasteiger partial charge on any atom is 0.134 e. The van der Waals surface area contributed by atoms with Crippen LogP contribution in [-0.2, 0) is 11.2 Å². The largest absolute Gasteiger partial charge is 0.376 e. The molecule has 0 saturated carbocycles.